The van der Waals surface area contributed by atoms with E-state index in [2.05, 4.69) is 31.5 Å². The number of pyridine rings is 1. The second-order valence-electron chi connectivity index (χ2n) is 8.07. The summed E-state index contributed by atoms with van der Waals surface area (Å²) in [7, 11) is 0. The van der Waals surface area contributed by atoms with Crippen LogP contribution in [0, 0.1) is 6.92 Å². The Morgan fingerprint density at radius 2 is 2.09 bits per heavy atom. The summed E-state index contributed by atoms with van der Waals surface area (Å²) in [6.07, 6.45) is 0.694. The quantitative estimate of drug-likeness (QED) is 0.346. The second-order valence-corrected chi connectivity index (χ2v) is 9.10. The molecule has 0 aliphatic carbocycles. The Kier molecular flexibility index (Phi) is 7.49. The molecule has 3 aromatic heterocycles. The standard InChI is InChI=1S/C24H28N6O3S/c1-4-20(23-26-27-28-30(23)15-21(31)33-5-2)29(14-19-10-7-11-34-19)13-18-12-17-9-6-8-16(3)22(17)25-24(18)32/h6-12,20H,4-5,13-15H2,1-3H3,(H,25,32)/t20-/m0/s1. The molecule has 0 spiro atoms. The van der Waals surface area contributed by atoms with Gasteiger partial charge < -0.3 is 9.72 Å². The van der Waals surface area contributed by atoms with Crippen LogP contribution in [0.5, 0.6) is 0 Å². The number of rotatable bonds is 10. The van der Waals surface area contributed by atoms with Crippen LogP contribution >= 0.6 is 11.3 Å². The lowest BCUT2D eigenvalue weighted by atomic mass is 10.1. The number of aryl methyl sites for hydroxylation is 1. The van der Waals surface area contributed by atoms with Crippen LogP contribution in [0.15, 0.2) is 46.6 Å². The lowest BCUT2D eigenvalue weighted by molar-refractivity contribution is -0.144. The number of aromatic nitrogens is 5. The topological polar surface area (TPSA) is 106 Å². The molecule has 4 aromatic rings. The molecular formula is C24H28N6O3S. The number of fused-ring (bicyclic) bond motifs is 1. The molecule has 0 amide bonds. The number of H-pyrrole nitrogens is 1. The molecule has 0 aliphatic heterocycles. The van der Waals surface area contributed by atoms with Gasteiger partial charge in [-0.2, -0.15) is 0 Å². The van der Waals surface area contributed by atoms with Crippen LogP contribution in [0.1, 0.15) is 48.1 Å². The summed E-state index contributed by atoms with van der Waals surface area (Å²) < 4.78 is 6.57. The SMILES string of the molecule is CCOC(=O)Cn1nnnc1[C@H](CC)N(Cc1cccs1)Cc1cc2cccc(C)c2[nH]c1=O. The summed E-state index contributed by atoms with van der Waals surface area (Å²) in [5.41, 5.74) is 2.43. The second kappa shape index (κ2) is 10.7. The molecule has 1 aromatic carbocycles. The van der Waals surface area contributed by atoms with Crippen LogP contribution < -0.4 is 5.56 Å². The molecule has 178 valence electrons. The number of nitrogens with zero attached hydrogens (tertiary/aromatic N) is 5. The largest absolute Gasteiger partial charge is 0.465 e. The van der Waals surface area contributed by atoms with Gasteiger partial charge in [0.25, 0.3) is 5.56 Å². The number of ether oxygens (including phenoxy) is 1. The lowest BCUT2D eigenvalue weighted by Gasteiger charge is -2.29. The van der Waals surface area contributed by atoms with Crippen molar-refractivity contribution in [3.8, 4) is 0 Å². The molecule has 4 rings (SSSR count). The van der Waals surface area contributed by atoms with E-state index in [1.165, 1.54) is 4.68 Å². The average Bonchev–Trinajstić information content (AvgIpc) is 3.48. The van der Waals surface area contributed by atoms with E-state index in [0.717, 1.165) is 21.3 Å². The highest BCUT2D eigenvalue weighted by Crippen LogP contribution is 2.27. The van der Waals surface area contributed by atoms with Crippen molar-refractivity contribution in [2.24, 2.45) is 0 Å². The van der Waals surface area contributed by atoms with Crippen molar-refractivity contribution in [3.63, 3.8) is 0 Å². The van der Waals surface area contributed by atoms with Gasteiger partial charge in [-0.1, -0.05) is 31.2 Å². The monoisotopic (exact) mass is 480 g/mol. The third-order valence-corrected chi connectivity index (χ3v) is 6.61. The Bertz CT molecular complexity index is 1310. The van der Waals surface area contributed by atoms with Gasteiger partial charge in [0.15, 0.2) is 5.82 Å². The van der Waals surface area contributed by atoms with Crippen LogP contribution in [0.4, 0.5) is 0 Å². The zero-order valence-corrected chi connectivity index (χ0v) is 20.3. The number of benzene rings is 1. The summed E-state index contributed by atoms with van der Waals surface area (Å²) in [5.74, 6) is 0.178. The van der Waals surface area contributed by atoms with Crippen LogP contribution in [0.2, 0.25) is 0 Å². The molecule has 1 atom stereocenters. The van der Waals surface area contributed by atoms with E-state index in [9.17, 15) is 9.59 Å². The number of thiophene rings is 1. The molecule has 0 saturated heterocycles. The first-order valence-electron chi connectivity index (χ1n) is 11.3. The number of tetrazole rings is 1. The molecule has 34 heavy (non-hydrogen) atoms. The number of hydrogen-bond donors (Lipinski definition) is 1. The molecule has 3 heterocycles. The Hall–Kier alpha value is -3.37. The lowest BCUT2D eigenvalue weighted by Crippen LogP contribution is -2.32. The molecule has 0 fully saturated rings. The fourth-order valence-electron chi connectivity index (χ4n) is 4.14. The van der Waals surface area contributed by atoms with Crippen molar-refractivity contribution in [3.05, 3.63) is 74.0 Å². The third-order valence-electron chi connectivity index (χ3n) is 5.75. The maximum atomic E-state index is 13.0. The molecule has 10 heteroatoms. The number of carbonyl (C=O) groups excluding carboxylic acids is 1. The number of para-hydroxylation sites is 1. The van der Waals surface area contributed by atoms with Gasteiger partial charge in [-0.25, -0.2) is 4.68 Å². The molecule has 0 unspecified atom stereocenters. The summed E-state index contributed by atoms with van der Waals surface area (Å²) in [6.45, 7) is 7.05. The first kappa shape index (κ1) is 23.8. The van der Waals surface area contributed by atoms with E-state index in [-0.39, 0.29) is 18.1 Å². The summed E-state index contributed by atoms with van der Waals surface area (Å²) in [5, 5.41) is 15.1. The minimum absolute atomic E-state index is 0.0602. The number of carbonyl (C=O) groups is 1. The third kappa shape index (κ3) is 5.23. The van der Waals surface area contributed by atoms with Crippen molar-refractivity contribution in [2.75, 3.05) is 6.61 Å². The number of aromatic amines is 1. The van der Waals surface area contributed by atoms with Gasteiger partial charge in [-0.05, 0) is 59.2 Å². The first-order valence-corrected chi connectivity index (χ1v) is 12.2. The fourth-order valence-corrected chi connectivity index (χ4v) is 4.87. The minimum atomic E-state index is -0.392. The molecule has 0 aliphatic rings. The predicted octanol–water partition coefficient (Wildman–Crippen LogP) is 3.60. The predicted molar refractivity (Wildman–Crippen MR) is 130 cm³/mol. The highest BCUT2D eigenvalue weighted by atomic mass is 32.1. The number of nitrogens with one attached hydrogen (secondary N) is 1. The maximum absolute atomic E-state index is 13.0. The van der Waals surface area contributed by atoms with E-state index in [4.69, 9.17) is 4.74 Å². The van der Waals surface area contributed by atoms with E-state index >= 15 is 0 Å². The molecule has 9 nitrogen and oxygen atoms in total. The molecule has 0 radical (unpaired) electrons. The molecule has 0 bridgehead atoms. The van der Waals surface area contributed by atoms with E-state index < -0.39 is 5.97 Å². The number of esters is 1. The van der Waals surface area contributed by atoms with Crippen molar-refractivity contribution in [1.82, 2.24) is 30.1 Å². The van der Waals surface area contributed by atoms with Gasteiger partial charge in [0.05, 0.1) is 18.2 Å². The number of hydrogen-bond acceptors (Lipinski definition) is 8. The van der Waals surface area contributed by atoms with Gasteiger partial charge in [-0.3, -0.25) is 14.5 Å². The summed E-state index contributed by atoms with van der Waals surface area (Å²) in [4.78, 5) is 31.5. The maximum Gasteiger partial charge on any atom is 0.327 e. The minimum Gasteiger partial charge on any atom is -0.465 e. The normalized spacial score (nSPS) is 12.4. The first-order chi connectivity index (χ1) is 16.5. The van der Waals surface area contributed by atoms with E-state index in [0.29, 0.717) is 37.5 Å². The summed E-state index contributed by atoms with van der Waals surface area (Å²) in [6, 6.07) is 11.8. The van der Waals surface area contributed by atoms with Crippen molar-refractivity contribution in [1.29, 1.82) is 0 Å². The highest BCUT2D eigenvalue weighted by molar-refractivity contribution is 7.09. The Labute approximate surface area is 201 Å². The Morgan fingerprint density at radius 3 is 2.82 bits per heavy atom. The van der Waals surface area contributed by atoms with Crippen LogP contribution in [-0.2, 0) is 29.2 Å². The highest BCUT2D eigenvalue weighted by Gasteiger charge is 2.27. The zero-order chi connectivity index (χ0) is 24.1. The fraction of sp³-hybridized carbons (Fsp3) is 0.375. The van der Waals surface area contributed by atoms with Gasteiger partial charge in [0, 0.05) is 23.5 Å². The van der Waals surface area contributed by atoms with Crippen molar-refractivity contribution < 1.29 is 9.53 Å². The van der Waals surface area contributed by atoms with Crippen molar-refractivity contribution in [2.45, 2.75) is 52.9 Å². The summed E-state index contributed by atoms with van der Waals surface area (Å²) >= 11 is 1.66. The van der Waals surface area contributed by atoms with Crippen LogP contribution in [0.3, 0.4) is 0 Å². The molecule has 1 N–H and O–H groups in total. The zero-order valence-electron chi connectivity index (χ0n) is 19.5. The molecule has 0 saturated carbocycles. The van der Waals surface area contributed by atoms with Crippen molar-refractivity contribution >= 4 is 28.2 Å². The van der Waals surface area contributed by atoms with Crippen LogP contribution in [-0.4, -0.2) is 42.7 Å². The average molecular weight is 481 g/mol. The van der Waals surface area contributed by atoms with Crippen LogP contribution in [0.25, 0.3) is 10.9 Å². The van der Waals surface area contributed by atoms with Gasteiger partial charge in [0.1, 0.15) is 6.54 Å². The van der Waals surface area contributed by atoms with Gasteiger partial charge in [0.2, 0.25) is 0 Å². The van der Waals surface area contributed by atoms with Gasteiger partial charge >= 0.3 is 5.97 Å². The Morgan fingerprint density at radius 1 is 1.24 bits per heavy atom. The molecular weight excluding hydrogens is 452 g/mol. The van der Waals surface area contributed by atoms with Gasteiger partial charge in [-0.15, -0.1) is 16.4 Å². The van der Waals surface area contributed by atoms with E-state index in [1.54, 1.807) is 18.3 Å². The Balaban J connectivity index is 1.70. The smallest absolute Gasteiger partial charge is 0.327 e. The van der Waals surface area contributed by atoms with E-state index in [1.807, 2.05) is 49.6 Å².